The van der Waals surface area contributed by atoms with Crippen molar-refractivity contribution < 1.29 is 23.9 Å². The fourth-order valence-electron chi connectivity index (χ4n) is 4.86. The molecular weight excluding hydrogens is 658 g/mol. The maximum atomic E-state index is 13.8. The van der Waals surface area contributed by atoms with Gasteiger partial charge in [0.25, 0.3) is 11.8 Å². The minimum Gasteiger partial charge on any atom is -0.497 e. The number of nitrogens with one attached hydrogen (secondary N) is 3. The Morgan fingerprint density at radius 3 is 2.20 bits per heavy atom. The molecule has 0 saturated heterocycles. The fraction of sp³-hybridized carbons (Fsp3) is 0.103. The first kappa shape index (κ1) is 34.8. The molecule has 0 aliphatic rings. The van der Waals surface area contributed by atoms with E-state index < -0.39 is 17.1 Å². The van der Waals surface area contributed by atoms with Crippen LogP contribution in [-0.2, 0) is 9.59 Å². The van der Waals surface area contributed by atoms with Gasteiger partial charge < -0.3 is 25.4 Å². The van der Waals surface area contributed by atoms with E-state index in [0.29, 0.717) is 39.0 Å². The Morgan fingerprint density at radius 1 is 0.776 bits per heavy atom. The van der Waals surface area contributed by atoms with Crippen molar-refractivity contribution in [2.45, 2.75) is 17.1 Å². The highest BCUT2D eigenvalue weighted by molar-refractivity contribution is 8.00. The van der Waals surface area contributed by atoms with Gasteiger partial charge in [-0.3, -0.25) is 14.4 Å². The molecule has 5 rings (SSSR count). The maximum Gasteiger partial charge on any atom is 0.272 e. The van der Waals surface area contributed by atoms with Crippen LogP contribution in [0.4, 0.5) is 11.4 Å². The number of thioether (sulfide) groups is 1. The van der Waals surface area contributed by atoms with Crippen molar-refractivity contribution in [3.8, 4) is 11.5 Å². The highest BCUT2D eigenvalue weighted by atomic mass is 35.5. The average Bonchev–Trinajstić information content (AvgIpc) is 3.13. The van der Waals surface area contributed by atoms with E-state index in [2.05, 4.69) is 16.0 Å². The molecule has 3 amide bonds. The summed E-state index contributed by atoms with van der Waals surface area (Å²) in [7, 11) is 3.06. The van der Waals surface area contributed by atoms with Crippen molar-refractivity contribution in [3.63, 3.8) is 0 Å². The fourth-order valence-corrected chi connectivity index (χ4v) is 6.12. The molecule has 0 radical (unpaired) electrons. The number of methoxy groups -OCH3 is 2. The molecule has 8 nitrogen and oxygen atoms in total. The number of amides is 3. The van der Waals surface area contributed by atoms with Crippen LogP contribution in [0, 0.1) is 6.92 Å². The Kier molecular flexibility index (Phi) is 11.8. The van der Waals surface area contributed by atoms with Crippen LogP contribution in [0.2, 0.25) is 5.02 Å². The molecule has 0 fully saturated rings. The summed E-state index contributed by atoms with van der Waals surface area (Å²) >= 11 is 7.65. The summed E-state index contributed by atoms with van der Waals surface area (Å²) in [5, 5.41) is 8.62. The van der Waals surface area contributed by atoms with Gasteiger partial charge in [-0.25, -0.2) is 0 Å². The molecule has 3 N–H and O–H groups in total. The lowest BCUT2D eigenvalue weighted by Gasteiger charge is -2.19. The number of anilines is 2. The number of hydrogen-bond acceptors (Lipinski definition) is 6. The van der Waals surface area contributed by atoms with Gasteiger partial charge in [0.05, 0.1) is 14.2 Å². The standard InChI is InChI=1S/C39H34ClN3O5S/c1-25-32(40)18-11-19-33(25)42-39(46)36(26-12-6-4-7-13-26)49-31-17-10-16-29(23-31)41-38(45)34(43-37(44)27-14-8-5-9-15-27)22-28-20-21-30(47-2)24-35(28)48-3/h4-24,36H,1-3H3,(H,41,45)(H,42,46)(H,43,44)/b34-22+. The highest BCUT2D eigenvalue weighted by Crippen LogP contribution is 2.38. The lowest BCUT2D eigenvalue weighted by atomic mass is 10.1. The van der Waals surface area contributed by atoms with Crippen molar-refractivity contribution in [1.29, 1.82) is 0 Å². The summed E-state index contributed by atoms with van der Waals surface area (Å²) in [6, 6.07) is 35.8. The minimum absolute atomic E-state index is 0.00573. The van der Waals surface area contributed by atoms with Gasteiger partial charge in [0.2, 0.25) is 5.91 Å². The number of carbonyl (C=O) groups excluding carboxylic acids is 3. The Labute approximate surface area is 294 Å². The predicted octanol–water partition coefficient (Wildman–Crippen LogP) is 8.55. The van der Waals surface area contributed by atoms with Gasteiger partial charge in [-0.2, -0.15) is 0 Å². The zero-order valence-corrected chi connectivity index (χ0v) is 28.6. The summed E-state index contributed by atoms with van der Waals surface area (Å²) in [4.78, 5) is 41.4. The molecule has 248 valence electrons. The second-order valence-electron chi connectivity index (χ2n) is 10.8. The van der Waals surface area contributed by atoms with Gasteiger partial charge in [0.15, 0.2) is 0 Å². The molecular formula is C39H34ClN3O5S. The quantitative estimate of drug-likeness (QED) is 0.0895. The van der Waals surface area contributed by atoms with Crippen LogP contribution in [0.15, 0.2) is 132 Å². The molecule has 1 unspecified atom stereocenters. The molecule has 0 saturated carbocycles. The number of ether oxygens (including phenoxy) is 2. The second-order valence-corrected chi connectivity index (χ2v) is 12.4. The van der Waals surface area contributed by atoms with Crippen molar-refractivity contribution >= 4 is 58.5 Å². The lowest BCUT2D eigenvalue weighted by molar-refractivity contribution is -0.116. The zero-order valence-electron chi connectivity index (χ0n) is 27.0. The molecule has 0 bridgehead atoms. The summed E-state index contributed by atoms with van der Waals surface area (Å²) in [5.41, 5.74) is 3.61. The smallest absolute Gasteiger partial charge is 0.272 e. The van der Waals surface area contributed by atoms with E-state index in [-0.39, 0.29) is 11.6 Å². The van der Waals surface area contributed by atoms with E-state index in [1.807, 2.05) is 49.4 Å². The molecule has 0 spiro atoms. The highest BCUT2D eigenvalue weighted by Gasteiger charge is 2.24. The van der Waals surface area contributed by atoms with Gasteiger partial charge in [-0.15, -0.1) is 11.8 Å². The Balaban J connectivity index is 1.41. The van der Waals surface area contributed by atoms with Gasteiger partial charge in [0, 0.05) is 38.5 Å². The van der Waals surface area contributed by atoms with Gasteiger partial charge in [0.1, 0.15) is 22.4 Å². The van der Waals surface area contributed by atoms with Crippen LogP contribution in [-0.4, -0.2) is 31.9 Å². The first-order valence-electron chi connectivity index (χ1n) is 15.2. The summed E-state index contributed by atoms with van der Waals surface area (Å²) in [5.74, 6) is -0.204. The Morgan fingerprint density at radius 2 is 1.49 bits per heavy atom. The van der Waals surface area contributed by atoms with Gasteiger partial charge in [-0.1, -0.05) is 72.3 Å². The van der Waals surface area contributed by atoms with E-state index in [4.69, 9.17) is 21.1 Å². The largest absolute Gasteiger partial charge is 0.497 e. The first-order valence-corrected chi connectivity index (χ1v) is 16.5. The molecule has 0 aliphatic carbocycles. The third kappa shape index (κ3) is 9.10. The number of hydrogen-bond donors (Lipinski definition) is 3. The van der Waals surface area contributed by atoms with Crippen LogP contribution in [0.3, 0.4) is 0 Å². The van der Waals surface area contributed by atoms with E-state index in [0.717, 1.165) is 16.0 Å². The average molecular weight is 692 g/mol. The van der Waals surface area contributed by atoms with Crippen LogP contribution >= 0.6 is 23.4 Å². The van der Waals surface area contributed by atoms with Crippen molar-refractivity contribution in [1.82, 2.24) is 5.32 Å². The number of carbonyl (C=O) groups is 3. The molecule has 5 aromatic rings. The monoisotopic (exact) mass is 691 g/mol. The molecule has 0 aromatic heterocycles. The van der Waals surface area contributed by atoms with Crippen molar-refractivity contribution in [2.75, 3.05) is 24.9 Å². The molecule has 10 heteroatoms. The lowest BCUT2D eigenvalue weighted by Crippen LogP contribution is -2.30. The zero-order chi connectivity index (χ0) is 34.8. The number of rotatable bonds is 12. The molecule has 0 aliphatic heterocycles. The number of halogens is 1. The predicted molar refractivity (Wildman–Crippen MR) is 196 cm³/mol. The van der Waals surface area contributed by atoms with Gasteiger partial charge >= 0.3 is 0 Å². The van der Waals surface area contributed by atoms with Crippen molar-refractivity contribution in [2.24, 2.45) is 0 Å². The van der Waals surface area contributed by atoms with Crippen LogP contribution < -0.4 is 25.4 Å². The van der Waals surface area contributed by atoms with Crippen LogP contribution in [0.25, 0.3) is 6.08 Å². The normalized spacial score (nSPS) is 11.6. The molecule has 0 heterocycles. The van der Waals surface area contributed by atoms with Gasteiger partial charge in [-0.05, 0) is 78.7 Å². The van der Waals surface area contributed by atoms with E-state index in [1.165, 1.54) is 18.9 Å². The van der Waals surface area contributed by atoms with E-state index in [1.54, 1.807) is 92.0 Å². The number of benzene rings is 5. The molecule has 1 atom stereocenters. The van der Waals surface area contributed by atoms with E-state index >= 15 is 0 Å². The topological polar surface area (TPSA) is 106 Å². The van der Waals surface area contributed by atoms with Crippen LogP contribution in [0.5, 0.6) is 11.5 Å². The first-order chi connectivity index (χ1) is 23.7. The summed E-state index contributed by atoms with van der Waals surface area (Å²) in [6.07, 6.45) is 1.54. The van der Waals surface area contributed by atoms with E-state index in [9.17, 15) is 14.4 Å². The van der Waals surface area contributed by atoms with Crippen LogP contribution in [0.1, 0.15) is 32.3 Å². The Hall–Kier alpha value is -5.51. The summed E-state index contributed by atoms with van der Waals surface area (Å²) in [6.45, 7) is 1.85. The third-order valence-corrected chi connectivity index (χ3v) is 9.14. The summed E-state index contributed by atoms with van der Waals surface area (Å²) < 4.78 is 10.8. The second kappa shape index (κ2) is 16.5. The SMILES string of the molecule is COc1ccc(/C=C(/NC(=O)c2ccccc2)C(=O)Nc2cccc(SC(C(=O)Nc3cccc(Cl)c3C)c3ccccc3)c2)c(OC)c1. The minimum atomic E-state index is -0.617. The maximum absolute atomic E-state index is 13.8. The molecule has 49 heavy (non-hydrogen) atoms. The van der Waals surface area contributed by atoms with Crippen molar-refractivity contribution in [3.05, 3.63) is 154 Å². The molecule has 5 aromatic carbocycles. The Bertz CT molecular complexity index is 1990. The third-order valence-electron chi connectivity index (χ3n) is 7.48.